The van der Waals surface area contributed by atoms with E-state index in [0.29, 0.717) is 17.7 Å². The van der Waals surface area contributed by atoms with Crippen LogP contribution in [0.1, 0.15) is 28.5 Å². The average Bonchev–Trinajstić information content (AvgIpc) is 2.60. The number of amides is 1. The molecule has 118 valence electrons. The molecule has 0 aliphatic heterocycles. The minimum Gasteiger partial charge on any atom is -0.477 e. The van der Waals surface area contributed by atoms with Gasteiger partial charge < -0.3 is 10.5 Å². The second-order valence-electron chi connectivity index (χ2n) is 4.37. The molecule has 0 aliphatic rings. The summed E-state index contributed by atoms with van der Waals surface area (Å²) in [5.74, 6) is -0.394. The van der Waals surface area contributed by atoms with Crippen molar-refractivity contribution >= 4 is 17.6 Å². The van der Waals surface area contributed by atoms with E-state index in [1.165, 1.54) is 18.3 Å². The van der Waals surface area contributed by atoms with E-state index >= 15 is 0 Å². The quantitative estimate of drug-likeness (QED) is 0.429. The van der Waals surface area contributed by atoms with Gasteiger partial charge in [0, 0.05) is 29.7 Å². The molecule has 0 saturated heterocycles. The van der Waals surface area contributed by atoms with Gasteiger partial charge in [0.2, 0.25) is 5.90 Å². The van der Waals surface area contributed by atoms with Gasteiger partial charge in [-0.25, -0.2) is 5.43 Å². The molecule has 2 rings (SSSR count). The molecule has 23 heavy (non-hydrogen) atoms. The Morgan fingerprint density at radius 2 is 2.00 bits per heavy atom. The number of aromatic nitrogens is 2. The van der Waals surface area contributed by atoms with Crippen molar-refractivity contribution < 1.29 is 9.53 Å². The van der Waals surface area contributed by atoms with Gasteiger partial charge in [-0.2, -0.15) is 5.10 Å². The molecule has 0 atom stereocenters. The number of rotatable bonds is 5. The van der Waals surface area contributed by atoms with E-state index in [4.69, 9.17) is 15.9 Å². The lowest BCUT2D eigenvalue weighted by Gasteiger charge is -2.06. The summed E-state index contributed by atoms with van der Waals surface area (Å²) in [5.41, 5.74) is 9.35. The molecule has 2 aromatic rings. The summed E-state index contributed by atoms with van der Waals surface area (Å²) in [4.78, 5) is 19.9. The highest BCUT2D eigenvalue weighted by Crippen LogP contribution is 2.04. The predicted molar refractivity (Wildman–Crippen MR) is 85.1 cm³/mol. The number of amidine groups is 1. The summed E-state index contributed by atoms with van der Waals surface area (Å²) in [6.07, 6.45) is 4.58. The summed E-state index contributed by atoms with van der Waals surface area (Å²) < 4.78 is 5.05. The van der Waals surface area contributed by atoms with Crippen LogP contribution in [0.3, 0.4) is 0 Å². The van der Waals surface area contributed by atoms with Crippen LogP contribution in [0.4, 0.5) is 0 Å². The van der Waals surface area contributed by atoms with Crippen LogP contribution in [0, 0.1) is 5.41 Å². The summed E-state index contributed by atoms with van der Waals surface area (Å²) in [6, 6.07) is 6.32. The minimum absolute atomic E-state index is 0.0954. The molecule has 0 fully saturated rings. The zero-order valence-corrected chi connectivity index (χ0v) is 12.5. The molecule has 2 aromatic heterocycles. The largest absolute Gasteiger partial charge is 0.477 e. The highest BCUT2D eigenvalue weighted by molar-refractivity contribution is 6.00. The van der Waals surface area contributed by atoms with Crippen LogP contribution in [0.25, 0.3) is 0 Å². The molecule has 0 aromatic carbocycles. The van der Waals surface area contributed by atoms with Crippen molar-refractivity contribution in [3.05, 3.63) is 59.7 Å². The third-order valence-corrected chi connectivity index (χ3v) is 2.80. The molecule has 1 amide bonds. The smallest absolute Gasteiger partial charge is 0.271 e. The second kappa shape index (κ2) is 7.64. The normalized spacial score (nSPS) is 10.9. The molecular formula is C15H16N6O2. The zero-order valence-electron chi connectivity index (χ0n) is 12.5. The first-order chi connectivity index (χ1) is 11.1. The van der Waals surface area contributed by atoms with Crippen LogP contribution in [-0.2, 0) is 4.74 Å². The van der Waals surface area contributed by atoms with Gasteiger partial charge in [-0.15, -0.1) is 0 Å². The lowest BCUT2D eigenvalue weighted by atomic mass is 10.2. The third-order valence-electron chi connectivity index (χ3n) is 2.80. The van der Waals surface area contributed by atoms with E-state index in [1.54, 1.807) is 31.5 Å². The van der Waals surface area contributed by atoms with Crippen molar-refractivity contribution in [3.63, 3.8) is 0 Å². The van der Waals surface area contributed by atoms with Gasteiger partial charge in [0.1, 0.15) is 5.69 Å². The Kier molecular flexibility index (Phi) is 5.35. The highest BCUT2D eigenvalue weighted by atomic mass is 16.5. The maximum absolute atomic E-state index is 12.1. The Morgan fingerprint density at radius 3 is 2.70 bits per heavy atom. The molecule has 8 nitrogen and oxygen atoms in total. The van der Waals surface area contributed by atoms with Crippen molar-refractivity contribution in [2.75, 3.05) is 6.61 Å². The molecule has 0 saturated carbocycles. The van der Waals surface area contributed by atoms with Crippen LogP contribution in [0.15, 0.2) is 48.0 Å². The van der Waals surface area contributed by atoms with Crippen molar-refractivity contribution in [1.29, 1.82) is 5.41 Å². The number of carbonyl (C=O) groups excluding carboxylic acids is 1. The van der Waals surface area contributed by atoms with E-state index in [2.05, 4.69) is 20.5 Å². The van der Waals surface area contributed by atoms with E-state index in [0.717, 1.165) is 0 Å². The molecule has 8 heteroatoms. The van der Waals surface area contributed by atoms with Crippen LogP contribution < -0.4 is 11.2 Å². The molecule has 0 aliphatic carbocycles. The van der Waals surface area contributed by atoms with Gasteiger partial charge in [-0.05, 0) is 31.2 Å². The van der Waals surface area contributed by atoms with Crippen molar-refractivity contribution in [1.82, 2.24) is 15.4 Å². The van der Waals surface area contributed by atoms with E-state index in [1.807, 2.05) is 0 Å². The monoisotopic (exact) mass is 312 g/mol. The lowest BCUT2D eigenvalue weighted by Crippen LogP contribution is -2.24. The van der Waals surface area contributed by atoms with Gasteiger partial charge in [0.15, 0.2) is 5.84 Å². The van der Waals surface area contributed by atoms with Gasteiger partial charge in [-0.1, -0.05) is 0 Å². The fourth-order valence-electron chi connectivity index (χ4n) is 1.68. The number of pyridine rings is 2. The first kappa shape index (κ1) is 16.1. The second-order valence-corrected chi connectivity index (χ2v) is 4.37. The SMILES string of the molecule is CCOC(=N)c1cc(C(=O)NN=C(N)c2ccncc2)ccn1. The molecular weight excluding hydrogens is 296 g/mol. The Labute approximate surface area is 132 Å². The lowest BCUT2D eigenvalue weighted by molar-refractivity contribution is 0.0954. The van der Waals surface area contributed by atoms with Crippen LogP contribution in [-0.4, -0.2) is 34.2 Å². The fourth-order valence-corrected chi connectivity index (χ4v) is 1.68. The number of hydrazone groups is 1. The van der Waals surface area contributed by atoms with Crippen LogP contribution >= 0.6 is 0 Å². The number of nitrogens with zero attached hydrogens (tertiary/aromatic N) is 3. The topological polar surface area (TPSA) is 126 Å². The number of hydrogen-bond acceptors (Lipinski definition) is 6. The maximum atomic E-state index is 12.1. The molecule has 2 heterocycles. The first-order valence-corrected chi connectivity index (χ1v) is 6.83. The third kappa shape index (κ3) is 4.34. The van der Waals surface area contributed by atoms with Gasteiger partial charge in [-0.3, -0.25) is 20.2 Å². The molecule has 0 spiro atoms. The fraction of sp³-hybridized carbons (Fsp3) is 0.133. The number of nitrogens with two attached hydrogens (primary N) is 1. The summed E-state index contributed by atoms with van der Waals surface area (Å²) in [5, 5.41) is 11.5. The first-order valence-electron chi connectivity index (χ1n) is 6.83. The van der Waals surface area contributed by atoms with Crippen molar-refractivity contribution in [2.24, 2.45) is 10.8 Å². The standard InChI is InChI=1S/C15H16N6O2/c1-2-23-14(17)12-9-11(5-8-19-12)15(22)21-20-13(16)10-3-6-18-7-4-10/h3-9,17H,2H2,1H3,(H2,16,20)(H,21,22). The van der Waals surface area contributed by atoms with Crippen molar-refractivity contribution in [3.8, 4) is 0 Å². The molecule has 0 radical (unpaired) electrons. The van der Waals surface area contributed by atoms with Gasteiger partial charge in [0.05, 0.1) is 6.61 Å². The van der Waals surface area contributed by atoms with Crippen LogP contribution in [0.2, 0.25) is 0 Å². The zero-order chi connectivity index (χ0) is 16.7. The number of hydrogen-bond donors (Lipinski definition) is 3. The number of ether oxygens (including phenoxy) is 1. The van der Waals surface area contributed by atoms with Crippen molar-refractivity contribution in [2.45, 2.75) is 6.92 Å². The molecule has 0 unspecified atom stereocenters. The average molecular weight is 312 g/mol. The van der Waals surface area contributed by atoms with Gasteiger partial charge >= 0.3 is 0 Å². The Bertz CT molecular complexity index is 730. The number of nitrogens with one attached hydrogen (secondary N) is 2. The Morgan fingerprint density at radius 1 is 1.30 bits per heavy atom. The maximum Gasteiger partial charge on any atom is 0.271 e. The predicted octanol–water partition coefficient (Wildman–Crippen LogP) is 0.889. The number of carbonyl (C=O) groups is 1. The van der Waals surface area contributed by atoms with E-state index in [-0.39, 0.29) is 17.4 Å². The Hall–Kier alpha value is -3.29. The van der Waals surface area contributed by atoms with Crippen LogP contribution in [0.5, 0.6) is 0 Å². The molecule has 4 N–H and O–H groups in total. The highest BCUT2D eigenvalue weighted by Gasteiger charge is 2.10. The van der Waals surface area contributed by atoms with Gasteiger partial charge in [0.25, 0.3) is 5.91 Å². The van der Waals surface area contributed by atoms with E-state index in [9.17, 15) is 4.79 Å². The summed E-state index contributed by atoms with van der Waals surface area (Å²) in [7, 11) is 0. The summed E-state index contributed by atoms with van der Waals surface area (Å²) >= 11 is 0. The molecule has 0 bridgehead atoms. The Balaban J connectivity index is 2.09. The minimum atomic E-state index is -0.463. The van der Waals surface area contributed by atoms with E-state index < -0.39 is 5.91 Å². The summed E-state index contributed by atoms with van der Waals surface area (Å²) in [6.45, 7) is 2.12.